The van der Waals surface area contributed by atoms with Crippen molar-refractivity contribution in [3.8, 4) is 0 Å². The molecule has 0 radical (unpaired) electrons. The molecule has 0 aliphatic carbocycles. The molecule has 0 aromatic carbocycles. The van der Waals surface area contributed by atoms with Gasteiger partial charge in [0, 0.05) is 25.9 Å². The minimum Gasteiger partial charge on any atom is -0.482 e. The molecule has 2 N–H and O–H groups in total. The minimum atomic E-state index is -0.194. The van der Waals surface area contributed by atoms with Crippen LogP contribution in [0.15, 0.2) is 64.1 Å². The summed E-state index contributed by atoms with van der Waals surface area (Å²) in [5, 5.41) is 0. The van der Waals surface area contributed by atoms with Gasteiger partial charge in [-0.1, -0.05) is 25.2 Å². The molecule has 1 aliphatic heterocycles. The average Bonchev–Trinajstić information content (AvgIpc) is 2.50. The van der Waals surface area contributed by atoms with Crippen molar-refractivity contribution in [1.82, 2.24) is 4.90 Å². The smallest absolute Gasteiger partial charge is 0.198 e. The normalized spacial score (nSPS) is 20.1. The van der Waals surface area contributed by atoms with Crippen LogP contribution >= 0.6 is 0 Å². The number of hydrogen-bond acceptors (Lipinski definition) is 4. The topological polar surface area (TPSA) is 50.8 Å². The van der Waals surface area contributed by atoms with Gasteiger partial charge in [-0.3, -0.25) is 4.99 Å². The molecule has 0 aromatic heterocycles. The highest BCUT2D eigenvalue weighted by atomic mass is 16.5. The first-order chi connectivity index (χ1) is 10.5. The van der Waals surface area contributed by atoms with Crippen LogP contribution in [0.1, 0.15) is 20.3 Å². The van der Waals surface area contributed by atoms with Crippen LogP contribution in [0, 0.1) is 0 Å². The van der Waals surface area contributed by atoms with Crippen LogP contribution in [-0.4, -0.2) is 38.5 Å². The third-order valence-corrected chi connectivity index (χ3v) is 3.66. The second kappa shape index (κ2) is 8.39. The van der Waals surface area contributed by atoms with Gasteiger partial charge in [0.25, 0.3) is 0 Å². The molecule has 4 nitrogen and oxygen atoms in total. The summed E-state index contributed by atoms with van der Waals surface area (Å²) in [7, 11) is 5.31. The fourth-order valence-corrected chi connectivity index (χ4v) is 2.18. The lowest BCUT2D eigenvalue weighted by Crippen LogP contribution is -2.40. The van der Waals surface area contributed by atoms with Crippen LogP contribution in [0.2, 0.25) is 0 Å². The predicted octanol–water partition coefficient (Wildman–Crippen LogP) is 3.17. The molecular weight excluding hydrogens is 274 g/mol. The standard InChI is InChI=1S/C18H27N3O/c1-7-13(2)12-14(3)15(10-11-20-4)16-8-9-17(19)21(5)18(16)22-6/h8-12,17H,3,7,19H2,1-2,4-6H3/b13-12+,15-10+,20-11?. The first-order valence-corrected chi connectivity index (χ1v) is 7.40. The Morgan fingerprint density at radius 1 is 1.55 bits per heavy atom. The Kier molecular flexibility index (Phi) is 6.86. The summed E-state index contributed by atoms with van der Waals surface area (Å²) in [6, 6.07) is 0. The molecule has 0 aromatic rings. The monoisotopic (exact) mass is 301 g/mol. The van der Waals surface area contributed by atoms with E-state index >= 15 is 0 Å². The number of ether oxygens (including phenoxy) is 1. The fraction of sp³-hybridized carbons (Fsp3) is 0.389. The van der Waals surface area contributed by atoms with E-state index in [0.717, 1.165) is 29.0 Å². The summed E-state index contributed by atoms with van der Waals surface area (Å²) >= 11 is 0. The lowest BCUT2D eigenvalue weighted by atomic mass is 9.94. The van der Waals surface area contributed by atoms with Crippen molar-refractivity contribution in [2.45, 2.75) is 26.4 Å². The van der Waals surface area contributed by atoms with E-state index in [1.54, 1.807) is 20.4 Å². The highest BCUT2D eigenvalue weighted by Gasteiger charge is 2.22. The van der Waals surface area contributed by atoms with Crippen molar-refractivity contribution in [2.24, 2.45) is 10.7 Å². The van der Waals surface area contributed by atoms with Gasteiger partial charge in [0.15, 0.2) is 5.88 Å². The van der Waals surface area contributed by atoms with Gasteiger partial charge < -0.3 is 15.4 Å². The second-order valence-corrected chi connectivity index (χ2v) is 5.24. The van der Waals surface area contributed by atoms with Gasteiger partial charge in [-0.25, -0.2) is 0 Å². The van der Waals surface area contributed by atoms with E-state index in [-0.39, 0.29) is 6.17 Å². The van der Waals surface area contributed by atoms with E-state index in [1.165, 1.54) is 5.57 Å². The van der Waals surface area contributed by atoms with E-state index in [1.807, 2.05) is 30.2 Å². The molecule has 0 bridgehead atoms. The van der Waals surface area contributed by atoms with E-state index in [9.17, 15) is 0 Å². The van der Waals surface area contributed by atoms with Gasteiger partial charge >= 0.3 is 0 Å². The Morgan fingerprint density at radius 2 is 2.23 bits per heavy atom. The zero-order valence-electron chi connectivity index (χ0n) is 14.3. The maximum Gasteiger partial charge on any atom is 0.198 e. The molecular formula is C18H27N3O. The maximum atomic E-state index is 6.03. The number of allylic oxidation sites excluding steroid dienone is 7. The zero-order chi connectivity index (χ0) is 16.7. The van der Waals surface area contributed by atoms with Gasteiger partial charge in [0.2, 0.25) is 0 Å². The number of nitrogens with zero attached hydrogens (tertiary/aromatic N) is 2. The number of hydrogen-bond donors (Lipinski definition) is 1. The summed E-state index contributed by atoms with van der Waals surface area (Å²) in [4.78, 5) is 5.95. The molecule has 0 spiro atoms. The molecule has 1 rings (SSSR count). The molecule has 0 saturated carbocycles. The summed E-state index contributed by atoms with van der Waals surface area (Å²) in [5.41, 5.74) is 10.2. The Balaban J connectivity index is 3.37. The van der Waals surface area contributed by atoms with E-state index < -0.39 is 0 Å². The largest absolute Gasteiger partial charge is 0.482 e. The Bertz CT molecular complexity index is 565. The molecule has 22 heavy (non-hydrogen) atoms. The van der Waals surface area contributed by atoms with Gasteiger partial charge in [-0.2, -0.15) is 0 Å². The van der Waals surface area contributed by atoms with Crippen molar-refractivity contribution in [3.05, 3.63) is 59.1 Å². The summed E-state index contributed by atoms with van der Waals surface area (Å²) in [6.07, 6.45) is 10.5. The molecule has 0 amide bonds. The fourth-order valence-electron chi connectivity index (χ4n) is 2.18. The molecule has 120 valence electrons. The zero-order valence-corrected chi connectivity index (χ0v) is 14.3. The second-order valence-electron chi connectivity index (χ2n) is 5.24. The van der Waals surface area contributed by atoms with Crippen LogP contribution in [0.5, 0.6) is 0 Å². The lowest BCUT2D eigenvalue weighted by Gasteiger charge is -2.31. The highest BCUT2D eigenvalue weighted by molar-refractivity contribution is 5.77. The number of likely N-dealkylation sites (N-methyl/N-ethyl adjacent to an activating group) is 1. The molecule has 1 atom stereocenters. The first kappa shape index (κ1) is 18.0. The molecule has 4 heteroatoms. The average molecular weight is 301 g/mol. The van der Waals surface area contributed by atoms with Gasteiger partial charge in [0.05, 0.1) is 13.3 Å². The Labute approximate surface area is 134 Å². The van der Waals surface area contributed by atoms with Crippen LogP contribution in [0.3, 0.4) is 0 Å². The van der Waals surface area contributed by atoms with E-state index in [2.05, 4.69) is 31.5 Å². The molecule has 1 unspecified atom stereocenters. The number of methoxy groups -OCH3 is 1. The number of rotatable bonds is 6. The SMILES string of the molecule is C=C(/C=C(\C)CC)/C(=C\C=NC)C1=C(OC)N(C)C(N)C=C1. The third kappa shape index (κ3) is 4.21. The van der Waals surface area contributed by atoms with Crippen molar-refractivity contribution in [3.63, 3.8) is 0 Å². The van der Waals surface area contributed by atoms with E-state index in [0.29, 0.717) is 0 Å². The quantitative estimate of drug-likeness (QED) is 0.605. The summed E-state index contributed by atoms with van der Waals surface area (Å²) in [6.45, 7) is 8.43. The van der Waals surface area contributed by atoms with Crippen LogP contribution in [0.25, 0.3) is 0 Å². The third-order valence-electron chi connectivity index (χ3n) is 3.66. The highest BCUT2D eigenvalue weighted by Crippen LogP contribution is 2.29. The van der Waals surface area contributed by atoms with Crippen LogP contribution in [0.4, 0.5) is 0 Å². The Hall–Kier alpha value is -2.07. The van der Waals surface area contributed by atoms with Gasteiger partial charge in [0.1, 0.15) is 0 Å². The number of aliphatic imine (C=N–C) groups is 1. The molecule has 1 heterocycles. The summed E-state index contributed by atoms with van der Waals surface area (Å²) in [5.74, 6) is 0.731. The van der Waals surface area contributed by atoms with Crippen molar-refractivity contribution in [1.29, 1.82) is 0 Å². The molecule has 0 fully saturated rings. The molecule has 0 saturated heterocycles. The lowest BCUT2D eigenvalue weighted by molar-refractivity contribution is 0.151. The summed E-state index contributed by atoms with van der Waals surface area (Å²) < 4.78 is 5.56. The first-order valence-electron chi connectivity index (χ1n) is 7.40. The van der Waals surface area contributed by atoms with E-state index in [4.69, 9.17) is 10.5 Å². The Morgan fingerprint density at radius 3 is 2.77 bits per heavy atom. The van der Waals surface area contributed by atoms with Crippen molar-refractivity contribution >= 4 is 6.21 Å². The van der Waals surface area contributed by atoms with Gasteiger partial charge in [-0.15, -0.1) is 0 Å². The van der Waals surface area contributed by atoms with Crippen LogP contribution in [-0.2, 0) is 4.74 Å². The number of nitrogens with two attached hydrogens (primary N) is 1. The molecule has 1 aliphatic rings. The van der Waals surface area contributed by atoms with Gasteiger partial charge in [-0.05, 0) is 42.7 Å². The van der Waals surface area contributed by atoms with Crippen LogP contribution < -0.4 is 5.73 Å². The van der Waals surface area contributed by atoms with Crippen molar-refractivity contribution < 1.29 is 4.74 Å². The van der Waals surface area contributed by atoms with Crippen molar-refractivity contribution in [2.75, 3.05) is 21.2 Å². The maximum absolute atomic E-state index is 6.03. The minimum absolute atomic E-state index is 0.194. The predicted molar refractivity (Wildman–Crippen MR) is 94.6 cm³/mol.